The molecule has 2 heterocycles. The minimum absolute atomic E-state index is 0. The monoisotopic (exact) mass is 718 g/mol. The van der Waals surface area contributed by atoms with Gasteiger partial charge in [0.15, 0.2) is 0 Å². The average molecular weight is 718 g/mol. The zero-order chi connectivity index (χ0) is 27.7. The van der Waals surface area contributed by atoms with Crippen LogP contribution in [0.5, 0.6) is 0 Å². The van der Waals surface area contributed by atoms with Gasteiger partial charge in [0.1, 0.15) is 0 Å². The van der Waals surface area contributed by atoms with Crippen LogP contribution in [0.4, 0.5) is 0 Å². The molecular weight excluding hydrogens is 689 g/mol. The van der Waals surface area contributed by atoms with Crippen LogP contribution in [-0.4, -0.2) is 9.55 Å². The van der Waals surface area contributed by atoms with Crippen LogP contribution < -0.4 is 0 Å². The van der Waals surface area contributed by atoms with Crippen molar-refractivity contribution in [3.8, 4) is 39.2 Å². The fourth-order valence-electron chi connectivity index (χ4n) is 6.80. The summed E-state index contributed by atoms with van der Waals surface area (Å²) >= 11 is 0. The fraction of sp³-hybridized carbons (Fsp3) is 0.103. The molecule has 0 atom stereocenters. The van der Waals surface area contributed by atoms with Crippen LogP contribution in [0.15, 0.2) is 121 Å². The van der Waals surface area contributed by atoms with Crippen molar-refractivity contribution in [3.63, 3.8) is 0 Å². The largest absolute Gasteiger partial charge is 0.309 e. The van der Waals surface area contributed by atoms with Gasteiger partial charge in [0.2, 0.25) is 0 Å². The number of nitrogens with zero attached hydrogens (tertiary/aromatic N) is 2. The molecule has 8 rings (SSSR count). The molecule has 5 aromatic carbocycles. The van der Waals surface area contributed by atoms with Crippen molar-refractivity contribution in [2.45, 2.75) is 26.2 Å². The molecule has 0 aliphatic heterocycles. The molecular formula is C39H29IrN2-. The number of hydrogen-bond donors (Lipinski definition) is 0. The zero-order valence-electron chi connectivity index (χ0n) is 23.8. The van der Waals surface area contributed by atoms with Crippen molar-refractivity contribution in [1.29, 1.82) is 0 Å². The maximum Gasteiger partial charge on any atom is 0.0544 e. The summed E-state index contributed by atoms with van der Waals surface area (Å²) in [7, 11) is 0. The normalized spacial score (nSPS) is 13.1. The van der Waals surface area contributed by atoms with Gasteiger partial charge in [0, 0.05) is 48.2 Å². The molecule has 42 heavy (non-hydrogen) atoms. The van der Waals surface area contributed by atoms with Crippen molar-refractivity contribution < 1.29 is 20.1 Å². The predicted octanol–water partition coefficient (Wildman–Crippen LogP) is 9.93. The Balaban J connectivity index is 0.00000288. The Morgan fingerprint density at radius 2 is 1.43 bits per heavy atom. The Bertz CT molecular complexity index is 2140. The molecule has 0 spiro atoms. The number of benzene rings is 5. The number of fused-ring (bicyclic) bond motifs is 6. The first-order chi connectivity index (χ1) is 20.0. The summed E-state index contributed by atoms with van der Waals surface area (Å²) in [6.07, 6.45) is 1.85. The van der Waals surface area contributed by atoms with E-state index in [1.165, 1.54) is 60.9 Å². The van der Waals surface area contributed by atoms with Crippen molar-refractivity contribution in [3.05, 3.63) is 144 Å². The molecule has 7 aromatic rings. The number of pyridine rings is 1. The van der Waals surface area contributed by atoms with E-state index in [0.717, 1.165) is 16.8 Å². The van der Waals surface area contributed by atoms with E-state index >= 15 is 0 Å². The van der Waals surface area contributed by atoms with Gasteiger partial charge in [-0.25, -0.2) is 0 Å². The summed E-state index contributed by atoms with van der Waals surface area (Å²) in [4.78, 5) is 4.64. The third-order valence-electron chi connectivity index (χ3n) is 8.88. The summed E-state index contributed by atoms with van der Waals surface area (Å²) in [5.41, 5.74) is 14.6. The van der Waals surface area contributed by atoms with Crippen LogP contribution in [0.1, 0.15) is 30.5 Å². The Hall–Kier alpha value is -4.30. The molecule has 0 amide bonds. The number of aromatic nitrogens is 2. The van der Waals surface area contributed by atoms with Crippen LogP contribution in [0.25, 0.3) is 61.0 Å². The third kappa shape index (κ3) is 3.92. The van der Waals surface area contributed by atoms with Crippen molar-refractivity contribution in [2.75, 3.05) is 0 Å². The van der Waals surface area contributed by atoms with Crippen molar-refractivity contribution >= 4 is 21.8 Å². The van der Waals surface area contributed by atoms with E-state index in [1.54, 1.807) is 0 Å². The summed E-state index contributed by atoms with van der Waals surface area (Å²) in [6.45, 7) is 6.81. The van der Waals surface area contributed by atoms with Gasteiger partial charge in [-0.1, -0.05) is 74.0 Å². The van der Waals surface area contributed by atoms with Gasteiger partial charge in [-0.05, 0) is 82.9 Å². The maximum atomic E-state index is 4.64. The molecule has 205 valence electrons. The quantitative estimate of drug-likeness (QED) is 0.167. The van der Waals surface area contributed by atoms with Gasteiger partial charge < -0.3 is 9.55 Å². The van der Waals surface area contributed by atoms with Gasteiger partial charge in [-0.15, -0.1) is 35.4 Å². The zero-order valence-corrected chi connectivity index (χ0v) is 26.2. The molecule has 0 saturated heterocycles. The van der Waals surface area contributed by atoms with Gasteiger partial charge in [0.25, 0.3) is 0 Å². The molecule has 3 heteroatoms. The second-order valence-corrected chi connectivity index (χ2v) is 11.6. The fourth-order valence-corrected chi connectivity index (χ4v) is 6.80. The SMILES string of the molecule is Cc1cccnc1-c1[c-]ccc(-c2ccc3c(c2)c2cc4c(cc2n3-c2ccccc2)C(C)(C)c2ccccc2-4)c1.[Ir]. The summed E-state index contributed by atoms with van der Waals surface area (Å²) in [5.74, 6) is 0. The smallest absolute Gasteiger partial charge is 0.0544 e. The van der Waals surface area contributed by atoms with E-state index in [0.29, 0.717) is 0 Å². The topological polar surface area (TPSA) is 17.8 Å². The first-order valence-corrected chi connectivity index (χ1v) is 14.2. The molecule has 0 unspecified atom stereocenters. The molecule has 0 bridgehead atoms. The second kappa shape index (κ2) is 9.91. The van der Waals surface area contributed by atoms with E-state index in [9.17, 15) is 0 Å². The van der Waals surface area contributed by atoms with Gasteiger partial charge in [-0.2, -0.15) is 0 Å². The average Bonchev–Trinajstić information content (AvgIpc) is 3.45. The molecule has 2 aromatic heterocycles. The van der Waals surface area contributed by atoms with E-state index in [-0.39, 0.29) is 25.5 Å². The Kier molecular flexibility index (Phi) is 6.27. The van der Waals surface area contributed by atoms with Crippen LogP contribution in [-0.2, 0) is 25.5 Å². The molecule has 1 aliphatic rings. The third-order valence-corrected chi connectivity index (χ3v) is 8.88. The molecule has 1 aliphatic carbocycles. The number of rotatable bonds is 3. The molecule has 0 fully saturated rings. The molecule has 0 saturated carbocycles. The summed E-state index contributed by atoms with van der Waals surface area (Å²) in [6, 6.07) is 45.3. The van der Waals surface area contributed by atoms with Crippen LogP contribution in [0.2, 0.25) is 0 Å². The van der Waals surface area contributed by atoms with Gasteiger partial charge in [-0.3, -0.25) is 0 Å². The summed E-state index contributed by atoms with van der Waals surface area (Å²) < 4.78 is 2.43. The van der Waals surface area contributed by atoms with Gasteiger partial charge in [0.05, 0.1) is 11.0 Å². The Morgan fingerprint density at radius 1 is 0.667 bits per heavy atom. The molecule has 2 nitrogen and oxygen atoms in total. The first kappa shape index (κ1) is 26.6. The van der Waals surface area contributed by atoms with E-state index < -0.39 is 0 Å². The van der Waals surface area contributed by atoms with Crippen LogP contribution in [0.3, 0.4) is 0 Å². The maximum absolute atomic E-state index is 4.64. The summed E-state index contributed by atoms with van der Waals surface area (Å²) in [5, 5.41) is 2.54. The Labute approximate surface area is 260 Å². The number of aryl methyl sites for hydroxylation is 1. The Morgan fingerprint density at radius 3 is 2.26 bits per heavy atom. The molecule has 0 N–H and O–H groups in total. The first-order valence-electron chi connectivity index (χ1n) is 14.2. The van der Waals surface area contributed by atoms with Crippen LogP contribution in [0, 0.1) is 13.0 Å². The van der Waals surface area contributed by atoms with E-state index in [2.05, 4.69) is 140 Å². The minimum Gasteiger partial charge on any atom is -0.309 e. The number of hydrogen-bond acceptors (Lipinski definition) is 1. The second-order valence-electron chi connectivity index (χ2n) is 11.6. The van der Waals surface area contributed by atoms with Crippen molar-refractivity contribution in [1.82, 2.24) is 9.55 Å². The van der Waals surface area contributed by atoms with E-state index in [4.69, 9.17) is 0 Å². The van der Waals surface area contributed by atoms with Gasteiger partial charge >= 0.3 is 0 Å². The van der Waals surface area contributed by atoms with Crippen LogP contribution >= 0.6 is 0 Å². The minimum atomic E-state index is -0.0518. The standard InChI is InChI=1S/C39H29N2.Ir/c1-25-11-10-20-40-38(25)28-13-9-12-26(21-28)27-18-19-36-32(22-27)33-23-31-30-16-7-8-17-34(30)39(2,3)35(31)24-37(33)41(36)29-14-5-4-6-15-29;/h4-12,14-24H,1-3H3;/q-1;. The number of para-hydroxylation sites is 1. The predicted molar refractivity (Wildman–Crippen MR) is 171 cm³/mol. The van der Waals surface area contributed by atoms with Crippen molar-refractivity contribution in [2.24, 2.45) is 0 Å². The molecule has 1 radical (unpaired) electrons. The van der Waals surface area contributed by atoms with E-state index in [1.807, 2.05) is 18.3 Å².